The van der Waals surface area contributed by atoms with Crippen LogP contribution in [0, 0.1) is 6.92 Å². The number of sulfonamides is 1. The van der Waals surface area contributed by atoms with Crippen molar-refractivity contribution < 1.29 is 13.2 Å². The van der Waals surface area contributed by atoms with Crippen molar-refractivity contribution >= 4 is 15.9 Å². The summed E-state index contributed by atoms with van der Waals surface area (Å²) in [5.41, 5.74) is 1.41. The van der Waals surface area contributed by atoms with E-state index >= 15 is 0 Å². The number of carbonyl (C=O) groups is 1. The Morgan fingerprint density at radius 2 is 1.86 bits per heavy atom. The Labute approximate surface area is 128 Å². The lowest BCUT2D eigenvalue weighted by molar-refractivity contribution is -0.119. The molecule has 1 aromatic rings. The summed E-state index contributed by atoms with van der Waals surface area (Å²) in [6, 6.07) is 5.36. The first-order valence-corrected chi connectivity index (χ1v) is 8.73. The van der Waals surface area contributed by atoms with Gasteiger partial charge in [-0.15, -0.1) is 0 Å². The van der Waals surface area contributed by atoms with Gasteiger partial charge in [-0.1, -0.05) is 46.2 Å². The van der Waals surface area contributed by atoms with E-state index in [0.29, 0.717) is 12.0 Å². The fourth-order valence-corrected chi connectivity index (χ4v) is 3.24. The van der Waals surface area contributed by atoms with Crippen LogP contribution in [0.4, 0.5) is 0 Å². The molecule has 118 valence electrons. The smallest absolute Gasteiger partial charge is 0.264 e. The van der Waals surface area contributed by atoms with Gasteiger partial charge in [-0.2, -0.15) is 0 Å². The monoisotopic (exact) mass is 311 g/mol. The molecule has 0 aromatic heterocycles. The van der Waals surface area contributed by atoms with Crippen LogP contribution in [0.25, 0.3) is 0 Å². The van der Waals surface area contributed by atoms with Crippen molar-refractivity contribution in [2.45, 2.75) is 64.2 Å². The zero-order valence-electron chi connectivity index (χ0n) is 13.5. The molecule has 5 heteroatoms. The largest absolute Gasteiger partial charge is 0.274 e. The van der Waals surface area contributed by atoms with Crippen LogP contribution in [-0.4, -0.2) is 14.3 Å². The number of amides is 1. The van der Waals surface area contributed by atoms with Gasteiger partial charge in [0, 0.05) is 6.42 Å². The van der Waals surface area contributed by atoms with Crippen LogP contribution in [0.15, 0.2) is 23.1 Å². The van der Waals surface area contributed by atoms with Gasteiger partial charge >= 0.3 is 0 Å². The van der Waals surface area contributed by atoms with Gasteiger partial charge < -0.3 is 0 Å². The molecule has 0 unspecified atom stereocenters. The molecular formula is C16H25NO3S. The maximum Gasteiger partial charge on any atom is 0.264 e. The maximum absolute atomic E-state index is 12.4. The van der Waals surface area contributed by atoms with Crippen LogP contribution < -0.4 is 4.72 Å². The number of unbranched alkanes of at least 4 members (excludes halogenated alkanes) is 1. The summed E-state index contributed by atoms with van der Waals surface area (Å²) in [5.74, 6) is -0.447. The molecule has 1 rings (SSSR count). The van der Waals surface area contributed by atoms with Crippen molar-refractivity contribution in [3.8, 4) is 0 Å². The molecule has 0 aliphatic heterocycles. The summed E-state index contributed by atoms with van der Waals surface area (Å²) in [7, 11) is -3.80. The third-order valence-corrected chi connectivity index (χ3v) is 4.86. The normalized spacial score (nSPS) is 12.2. The summed E-state index contributed by atoms with van der Waals surface area (Å²) in [5, 5.41) is 0. The Bertz CT molecular complexity index is 613. The van der Waals surface area contributed by atoms with E-state index in [1.165, 1.54) is 0 Å². The molecule has 0 saturated heterocycles. The highest BCUT2D eigenvalue weighted by atomic mass is 32.2. The lowest BCUT2D eigenvalue weighted by Crippen LogP contribution is -2.31. The highest BCUT2D eigenvalue weighted by Gasteiger charge is 2.22. The van der Waals surface area contributed by atoms with Gasteiger partial charge in [0.1, 0.15) is 0 Å². The number of benzene rings is 1. The second-order valence-corrected chi connectivity index (χ2v) is 8.01. The minimum atomic E-state index is -3.80. The van der Waals surface area contributed by atoms with E-state index in [2.05, 4.69) is 4.72 Å². The third-order valence-electron chi connectivity index (χ3n) is 3.35. The standard InChI is InChI=1S/C16H25NO3S/c1-6-7-8-15(18)17-21(19,20)14-11-13(16(3,4)5)10-9-12(14)2/h9-11H,6-8H2,1-5H3,(H,17,18). The fourth-order valence-electron chi connectivity index (χ4n) is 1.95. The molecule has 21 heavy (non-hydrogen) atoms. The Morgan fingerprint density at radius 3 is 2.38 bits per heavy atom. The first-order valence-electron chi connectivity index (χ1n) is 7.24. The van der Waals surface area contributed by atoms with Crippen LogP contribution in [-0.2, 0) is 20.2 Å². The molecule has 0 spiro atoms. The molecule has 0 heterocycles. The van der Waals surface area contributed by atoms with Crippen LogP contribution in [0.5, 0.6) is 0 Å². The summed E-state index contributed by atoms with van der Waals surface area (Å²) in [4.78, 5) is 11.9. The molecule has 4 nitrogen and oxygen atoms in total. The molecule has 0 bridgehead atoms. The maximum atomic E-state index is 12.4. The van der Waals surface area contributed by atoms with Crippen LogP contribution in [0.2, 0.25) is 0 Å². The van der Waals surface area contributed by atoms with Crippen molar-refractivity contribution in [3.63, 3.8) is 0 Å². The van der Waals surface area contributed by atoms with E-state index in [-0.39, 0.29) is 16.7 Å². The lowest BCUT2D eigenvalue weighted by atomic mass is 9.87. The Morgan fingerprint density at radius 1 is 1.24 bits per heavy atom. The molecule has 0 radical (unpaired) electrons. The molecule has 0 atom stereocenters. The van der Waals surface area contributed by atoms with Crippen molar-refractivity contribution in [3.05, 3.63) is 29.3 Å². The van der Waals surface area contributed by atoms with Gasteiger partial charge in [-0.25, -0.2) is 13.1 Å². The van der Waals surface area contributed by atoms with Gasteiger partial charge in [0.15, 0.2) is 0 Å². The van der Waals surface area contributed by atoms with Crippen molar-refractivity contribution in [2.24, 2.45) is 0 Å². The van der Waals surface area contributed by atoms with Crippen LogP contribution >= 0.6 is 0 Å². The van der Waals surface area contributed by atoms with Gasteiger partial charge in [-0.3, -0.25) is 4.79 Å². The summed E-state index contributed by atoms with van der Waals surface area (Å²) in [6.45, 7) is 9.76. The Hall–Kier alpha value is -1.36. The highest BCUT2D eigenvalue weighted by Crippen LogP contribution is 2.26. The molecule has 0 aliphatic carbocycles. The number of carbonyl (C=O) groups excluding carboxylic acids is 1. The Balaban J connectivity index is 3.11. The first-order chi connectivity index (χ1) is 9.58. The number of hydrogen-bond acceptors (Lipinski definition) is 3. The van der Waals surface area contributed by atoms with E-state index in [0.717, 1.165) is 12.0 Å². The SMILES string of the molecule is CCCCC(=O)NS(=O)(=O)c1cc(C(C)(C)C)ccc1C. The number of rotatable bonds is 5. The van der Waals surface area contributed by atoms with E-state index < -0.39 is 15.9 Å². The molecular weight excluding hydrogens is 286 g/mol. The van der Waals surface area contributed by atoms with E-state index in [1.54, 1.807) is 19.1 Å². The number of nitrogens with one attached hydrogen (secondary N) is 1. The minimum absolute atomic E-state index is 0.149. The van der Waals surface area contributed by atoms with Crippen molar-refractivity contribution in [1.82, 2.24) is 4.72 Å². The zero-order chi connectivity index (χ0) is 16.3. The minimum Gasteiger partial charge on any atom is -0.274 e. The number of hydrogen-bond donors (Lipinski definition) is 1. The first kappa shape index (κ1) is 17.7. The fraction of sp³-hybridized carbons (Fsp3) is 0.562. The van der Waals surface area contributed by atoms with Crippen molar-refractivity contribution in [2.75, 3.05) is 0 Å². The average molecular weight is 311 g/mol. The quantitative estimate of drug-likeness (QED) is 0.907. The summed E-state index contributed by atoms with van der Waals surface area (Å²) < 4.78 is 26.9. The summed E-state index contributed by atoms with van der Waals surface area (Å²) in [6.07, 6.45) is 1.77. The predicted molar refractivity (Wildman–Crippen MR) is 84.7 cm³/mol. The average Bonchev–Trinajstić information content (AvgIpc) is 2.34. The second kappa shape index (κ2) is 6.60. The topological polar surface area (TPSA) is 63.2 Å². The molecule has 0 fully saturated rings. The Kier molecular flexibility index (Phi) is 5.56. The third kappa shape index (κ3) is 4.84. The molecule has 1 N–H and O–H groups in total. The van der Waals surface area contributed by atoms with Gasteiger partial charge in [0.2, 0.25) is 5.91 Å². The van der Waals surface area contributed by atoms with E-state index in [9.17, 15) is 13.2 Å². The van der Waals surface area contributed by atoms with Gasteiger partial charge in [0.05, 0.1) is 4.90 Å². The zero-order valence-corrected chi connectivity index (χ0v) is 14.3. The van der Waals surface area contributed by atoms with Crippen LogP contribution in [0.1, 0.15) is 58.1 Å². The highest BCUT2D eigenvalue weighted by molar-refractivity contribution is 7.90. The molecule has 1 aromatic carbocycles. The van der Waals surface area contributed by atoms with Gasteiger partial charge in [-0.05, 0) is 36.0 Å². The molecule has 1 amide bonds. The molecule has 0 saturated carbocycles. The lowest BCUT2D eigenvalue weighted by Gasteiger charge is -2.20. The predicted octanol–water partition coefficient (Wildman–Crippen LogP) is 3.29. The van der Waals surface area contributed by atoms with Crippen molar-refractivity contribution in [1.29, 1.82) is 0 Å². The van der Waals surface area contributed by atoms with Gasteiger partial charge in [0.25, 0.3) is 10.0 Å². The summed E-state index contributed by atoms with van der Waals surface area (Å²) >= 11 is 0. The van der Waals surface area contributed by atoms with E-state index in [1.807, 2.05) is 33.8 Å². The van der Waals surface area contributed by atoms with Crippen LogP contribution in [0.3, 0.4) is 0 Å². The molecule has 0 aliphatic rings. The van der Waals surface area contributed by atoms with E-state index in [4.69, 9.17) is 0 Å². The second-order valence-electron chi connectivity index (χ2n) is 6.36. The number of aryl methyl sites for hydroxylation is 1.